The van der Waals surface area contributed by atoms with Crippen LogP contribution in [0, 0.1) is 0 Å². The van der Waals surface area contributed by atoms with Crippen molar-refractivity contribution >= 4 is 5.91 Å². The van der Waals surface area contributed by atoms with Crippen LogP contribution in [-0.4, -0.2) is 30.4 Å². The minimum atomic E-state index is -0.122. The van der Waals surface area contributed by atoms with Gasteiger partial charge in [-0.1, -0.05) is 37.1 Å². The van der Waals surface area contributed by atoms with Crippen LogP contribution in [0.25, 0.3) is 0 Å². The Balaban J connectivity index is 1.80. The number of rotatable bonds is 1. The Bertz CT molecular complexity index is 450. The number of benzene rings is 1. The monoisotopic (exact) mass is 258 g/mol. The van der Waals surface area contributed by atoms with E-state index in [2.05, 4.69) is 28.4 Å². The molecule has 3 rings (SSSR count). The van der Waals surface area contributed by atoms with Crippen LogP contribution in [-0.2, 0) is 11.2 Å². The Labute approximate surface area is 115 Å². The molecule has 19 heavy (non-hydrogen) atoms. The highest BCUT2D eigenvalue weighted by atomic mass is 16.2. The minimum absolute atomic E-state index is 0.122. The molecule has 1 saturated heterocycles. The summed E-state index contributed by atoms with van der Waals surface area (Å²) in [6, 6.07) is 8.23. The van der Waals surface area contributed by atoms with Gasteiger partial charge >= 0.3 is 0 Å². The van der Waals surface area contributed by atoms with E-state index in [1.165, 1.54) is 24.0 Å². The van der Waals surface area contributed by atoms with Crippen molar-refractivity contribution in [1.29, 1.82) is 0 Å². The van der Waals surface area contributed by atoms with Crippen LogP contribution in [0.2, 0.25) is 0 Å². The summed E-state index contributed by atoms with van der Waals surface area (Å²) in [5.74, 6) is 0.272. The second-order valence-corrected chi connectivity index (χ2v) is 5.58. The topological polar surface area (TPSA) is 32.3 Å². The number of amides is 1. The standard InChI is InChI=1S/C16H22N2O/c19-16(18-11-5-1-2-6-12-18)15-14-8-4-3-7-13(14)9-10-17-15/h3-4,7-8,15,17H,1-2,5-6,9-12H2. The van der Waals surface area contributed by atoms with E-state index < -0.39 is 0 Å². The van der Waals surface area contributed by atoms with Crippen molar-refractivity contribution in [2.75, 3.05) is 19.6 Å². The van der Waals surface area contributed by atoms with E-state index in [-0.39, 0.29) is 11.9 Å². The fourth-order valence-corrected chi connectivity index (χ4v) is 3.20. The maximum atomic E-state index is 12.7. The minimum Gasteiger partial charge on any atom is -0.341 e. The van der Waals surface area contributed by atoms with E-state index in [0.29, 0.717) is 0 Å². The summed E-state index contributed by atoms with van der Waals surface area (Å²) in [4.78, 5) is 14.8. The van der Waals surface area contributed by atoms with E-state index in [4.69, 9.17) is 0 Å². The average Bonchev–Trinajstić information content (AvgIpc) is 2.75. The van der Waals surface area contributed by atoms with Crippen molar-refractivity contribution in [3.8, 4) is 0 Å². The van der Waals surface area contributed by atoms with Crippen molar-refractivity contribution < 1.29 is 4.79 Å². The molecule has 1 fully saturated rings. The van der Waals surface area contributed by atoms with Crippen molar-refractivity contribution in [2.45, 2.75) is 38.1 Å². The summed E-state index contributed by atoms with van der Waals surface area (Å²) < 4.78 is 0. The van der Waals surface area contributed by atoms with Gasteiger partial charge in [-0.15, -0.1) is 0 Å². The summed E-state index contributed by atoms with van der Waals surface area (Å²) in [6.45, 7) is 2.76. The predicted molar refractivity (Wildman–Crippen MR) is 75.9 cm³/mol. The molecule has 0 radical (unpaired) electrons. The van der Waals surface area contributed by atoms with Gasteiger partial charge in [-0.25, -0.2) is 0 Å². The van der Waals surface area contributed by atoms with E-state index >= 15 is 0 Å². The van der Waals surface area contributed by atoms with Crippen molar-refractivity contribution in [2.24, 2.45) is 0 Å². The van der Waals surface area contributed by atoms with Gasteiger partial charge in [0.2, 0.25) is 5.91 Å². The van der Waals surface area contributed by atoms with Gasteiger partial charge in [0, 0.05) is 19.6 Å². The Morgan fingerprint density at radius 1 is 1.11 bits per heavy atom. The highest BCUT2D eigenvalue weighted by Crippen LogP contribution is 2.25. The zero-order chi connectivity index (χ0) is 13.1. The molecule has 2 aliphatic heterocycles. The molecule has 1 aromatic carbocycles. The fourth-order valence-electron chi connectivity index (χ4n) is 3.20. The number of nitrogens with one attached hydrogen (secondary N) is 1. The first-order valence-corrected chi connectivity index (χ1v) is 7.46. The first-order valence-electron chi connectivity index (χ1n) is 7.46. The maximum Gasteiger partial charge on any atom is 0.244 e. The number of fused-ring (bicyclic) bond motifs is 1. The van der Waals surface area contributed by atoms with Crippen LogP contribution in [0.15, 0.2) is 24.3 Å². The zero-order valence-electron chi connectivity index (χ0n) is 11.4. The lowest BCUT2D eigenvalue weighted by Crippen LogP contribution is -2.44. The number of nitrogens with zero attached hydrogens (tertiary/aromatic N) is 1. The third kappa shape index (κ3) is 2.66. The van der Waals surface area contributed by atoms with Gasteiger partial charge in [-0.3, -0.25) is 4.79 Å². The summed E-state index contributed by atoms with van der Waals surface area (Å²) in [5.41, 5.74) is 2.51. The smallest absolute Gasteiger partial charge is 0.244 e. The van der Waals surface area contributed by atoms with E-state index in [0.717, 1.165) is 38.9 Å². The Hall–Kier alpha value is -1.35. The molecule has 2 heterocycles. The summed E-state index contributed by atoms with van der Waals surface area (Å²) >= 11 is 0. The highest BCUT2D eigenvalue weighted by Gasteiger charge is 2.29. The van der Waals surface area contributed by atoms with Gasteiger partial charge in [0.1, 0.15) is 6.04 Å². The summed E-state index contributed by atoms with van der Waals surface area (Å²) in [7, 11) is 0. The Morgan fingerprint density at radius 2 is 1.84 bits per heavy atom. The van der Waals surface area contributed by atoms with Gasteiger partial charge in [-0.05, 0) is 30.4 Å². The van der Waals surface area contributed by atoms with Crippen LogP contribution in [0.3, 0.4) is 0 Å². The van der Waals surface area contributed by atoms with Crippen LogP contribution >= 0.6 is 0 Å². The number of likely N-dealkylation sites (tertiary alicyclic amines) is 1. The zero-order valence-corrected chi connectivity index (χ0v) is 11.4. The van der Waals surface area contributed by atoms with Gasteiger partial charge in [0.05, 0.1) is 0 Å². The second kappa shape index (κ2) is 5.74. The van der Waals surface area contributed by atoms with E-state index in [9.17, 15) is 4.79 Å². The Morgan fingerprint density at radius 3 is 2.63 bits per heavy atom. The molecule has 2 aliphatic rings. The van der Waals surface area contributed by atoms with Gasteiger partial charge < -0.3 is 10.2 Å². The molecule has 0 aliphatic carbocycles. The number of carbonyl (C=O) groups excluding carboxylic acids is 1. The number of hydrogen-bond donors (Lipinski definition) is 1. The molecule has 1 N–H and O–H groups in total. The van der Waals surface area contributed by atoms with E-state index in [1.54, 1.807) is 0 Å². The molecule has 0 spiro atoms. The molecule has 1 atom stereocenters. The van der Waals surface area contributed by atoms with Crippen LogP contribution in [0.4, 0.5) is 0 Å². The first-order chi connectivity index (χ1) is 9.36. The fraction of sp³-hybridized carbons (Fsp3) is 0.562. The number of hydrogen-bond acceptors (Lipinski definition) is 2. The lowest BCUT2D eigenvalue weighted by atomic mass is 9.93. The van der Waals surface area contributed by atoms with Crippen LogP contribution in [0.5, 0.6) is 0 Å². The number of carbonyl (C=O) groups is 1. The molecular formula is C16H22N2O. The van der Waals surface area contributed by atoms with Gasteiger partial charge in [0.25, 0.3) is 0 Å². The van der Waals surface area contributed by atoms with E-state index in [1.807, 2.05) is 6.07 Å². The average molecular weight is 258 g/mol. The molecule has 1 amide bonds. The van der Waals surface area contributed by atoms with Crippen molar-refractivity contribution in [3.05, 3.63) is 35.4 Å². The lowest BCUT2D eigenvalue weighted by molar-refractivity contribution is -0.133. The molecule has 3 nitrogen and oxygen atoms in total. The second-order valence-electron chi connectivity index (χ2n) is 5.58. The third-order valence-electron chi connectivity index (χ3n) is 4.27. The predicted octanol–water partition coefficient (Wildman–Crippen LogP) is 2.28. The third-order valence-corrected chi connectivity index (χ3v) is 4.27. The maximum absolute atomic E-state index is 12.7. The van der Waals surface area contributed by atoms with Crippen LogP contribution in [0.1, 0.15) is 42.9 Å². The molecule has 0 aromatic heterocycles. The summed E-state index contributed by atoms with van der Waals surface area (Å²) in [5, 5.41) is 3.40. The largest absolute Gasteiger partial charge is 0.341 e. The highest BCUT2D eigenvalue weighted by molar-refractivity contribution is 5.84. The van der Waals surface area contributed by atoms with Crippen molar-refractivity contribution in [1.82, 2.24) is 10.2 Å². The quantitative estimate of drug-likeness (QED) is 0.838. The molecule has 1 unspecified atom stereocenters. The molecular weight excluding hydrogens is 236 g/mol. The SMILES string of the molecule is O=C(C1NCCc2ccccc21)N1CCCCCC1. The van der Waals surface area contributed by atoms with Crippen molar-refractivity contribution in [3.63, 3.8) is 0 Å². The van der Waals surface area contributed by atoms with Crippen LogP contribution < -0.4 is 5.32 Å². The van der Waals surface area contributed by atoms with Gasteiger partial charge in [0.15, 0.2) is 0 Å². The Kier molecular flexibility index (Phi) is 3.83. The normalized spacial score (nSPS) is 23.6. The molecule has 3 heteroatoms. The lowest BCUT2D eigenvalue weighted by Gasteiger charge is -2.31. The molecule has 0 saturated carbocycles. The van der Waals surface area contributed by atoms with Gasteiger partial charge in [-0.2, -0.15) is 0 Å². The molecule has 1 aromatic rings. The molecule has 0 bridgehead atoms. The summed E-state index contributed by atoms with van der Waals surface area (Å²) in [6.07, 6.45) is 5.86. The first kappa shape index (κ1) is 12.7. The molecule has 102 valence electrons.